The van der Waals surface area contributed by atoms with Crippen molar-refractivity contribution in [2.24, 2.45) is 0 Å². The minimum absolute atomic E-state index is 0.0741. The molecule has 0 radical (unpaired) electrons. The molecule has 0 aliphatic heterocycles. The van der Waals surface area contributed by atoms with Gasteiger partial charge in [0.2, 0.25) is 0 Å². The number of carbonyl (C=O) groups excluding carboxylic acids is 1. The van der Waals surface area contributed by atoms with Crippen molar-refractivity contribution in [3.05, 3.63) is 35.5 Å². The monoisotopic (exact) mass is 274 g/mol. The highest BCUT2D eigenvalue weighted by Crippen LogP contribution is 2.13. The van der Waals surface area contributed by atoms with E-state index in [1.165, 1.54) is 6.33 Å². The lowest BCUT2D eigenvalue weighted by Crippen LogP contribution is -2.27. The van der Waals surface area contributed by atoms with Crippen LogP contribution in [0.25, 0.3) is 0 Å². The summed E-state index contributed by atoms with van der Waals surface area (Å²) < 4.78 is 0. The summed E-state index contributed by atoms with van der Waals surface area (Å²) in [5.74, 6) is 1.27. The molecule has 0 aliphatic rings. The number of carbonyl (C=O) groups is 1. The molecule has 0 aromatic carbocycles. The van der Waals surface area contributed by atoms with Crippen molar-refractivity contribution >= 4 is 11.7 Å². The van der Waals surface area contributed by atoms with Gasteiger partial charge in [-0.1, -0.05) is 6.92 Å². The Labute approximate surface area is 117 Å². The molecule has 7 nitrogen and oxygen atoms in total. The fraction of sp³-hybridized carbons (Fsp3) is 0.385. The zero-order valence-corrected chi connectivity index (χ0v) is 11.8. The summed E-state index contributed by atoms with van der Waals surface area (Å²) in [4.78, 5) is 22.4. The first-order valence-electron chi connectivity index (χ1n) is 6.42. The molecule has 2 aromatic heterocycles. The van der Waals surface area contributed by atoms with Gasteiger partial charge in [0, 0.05) is 25.4 Å². The Hall–Kier alpha value is -2.44. The highest BCUT2D eigenvalue weighted by Gasteiger charge is 2.15. The van der Waals surface area contributed by atoms with Crippen LogP contribution >= 0.6 is 0 Å². The maximum absolute atomic E-state index is 12.4. The molecule has 7 heteroatoms. The van der Waals surface area contributed by atoms with Crippen molar-refractivity contribution in [1.29, 1.82) is 0 Å². The molecule has 1 amide bonds. The number of pyridine rings is 1. The fourth-order valence-electron chi connectivity index (χ4n) is 1.84. The highest BCUT2D eigenvalue weighted by molar-refractivity contribution is 5.94. The molecule has 0 spiro atoms. The van der Waals surface area contributed by atoms with Gasteiger partial charge in [-0.15, -0.1) is 0 Å². The third-order valence-electron chi connectivity index (χ3n) is 2.94. The molecular formula is C13H18N6O. The maximum Gasteiger partial charge on any atom is 0.254 e. The minimum atomic E-state index is -0.0741. The average Bonchev–Trinajstić information content (AvgIpc) is 2.98. The molecule has 0 aliphatic carbocycles. The summed E-state index contributed by atoms with van der Waals surface area (Å²) in [7, 11) is 3.52. The van der Waals surface area contributed by atoms with Gasteiger partial charge < -0.3 is 10.2 Å². The molecule has 0 atom stereocenters. The lowest BCUT2D eigenvalue weighted by Gasteiger charge is -2.16. The summed E-state index contributed by atoms with van der Waals surface area (Å²) in [6.07, 6.45) is 2.20. The number of hydrogen-bond acceptors (Lipinski definition) is 5. The van der Waals surface area contributed by atoms with Crippen molar-refractivity contribution in [2.75, 3.05) is 19.4 Å². The maximum atomic E-state index is 12.4. The van der Waals surface area contributed by atoms with Crippen molar-refractivity contribution in [2.45, 2.75) is 19.9 Å². The molecule has 20 heavy (non-hydrogen) atoms. The number of nitrogens with zero attached hydrogens (tertiary/aromatic N) is 4. The standard InChI is InChI=1S/C13H18N6O/c1-4-10-5-9(6-11(14-2)17-10)13(20)19(3)7-12-15-8-16-18-12/h5-6,8H,4,7H2,1-3H3,(H,14,17)(H,15,16,18). The first-order valence-corrected chi connectivity index (χ1v) is 6.42. The number of aromatic nitrogens is 4. The van der Waals surface area contributed by atoms with Crippen molar-refractivity contribution < 1.29 is 4.79 Å². The quantitative estimate of drug-likeness (QED) is 0.852. The van der Waals surface area contributed by atoms with Crippen molar-refractivity contribution in [1.82, 2.24) is 25.1 Å². The number of amides is 1. The lowest BCUT2D eigenvalue weighted by atomic mass is 10.1. The van der Waals surface area contributed by atoms with E-state index >= 15 is 0 Å². The van der Waals surface area contributed by atoms with Gasteiger partial charge in [0.1, 0.15) is 18.0 Å². The smallest absolute Gasteiger partial charge is 0.254 e. The SMILES string of the molecule is CCc1cc(C(=O)N(C)Cc2ncn[nH]2)cc(NC)n1. The van der Waals surface area contributed by atoms with Gasteiger partial charge in [-0.05, 0) is 18.6 Å². The molecular weight excluding hydrogens is 256 g/mol. The molecule has 2 N–H and O–H groups in total. The predicted octanol–water partition coefficient (Wildman–Crippen LogP) is 1.08. The van der Waals surface area contributed by atoms with E-state index in [-0.39, 0.29) is 5.91 Å². The average molecular weight is 274 g/mol. The van der Waals surface area contributed by atoms with Crippen LogP contribution in [0.4, 0.5) is 5.82 Å². The second-order valence-corrected chi connectivity index (χ2v) is 4.43. The van der Waals surface area contributed by atoms with Gasteiger partial charge >= 0.3 is 0 Å². The largest absolute Gasteiger partial charge is 0.373 e. The first-order chi connectivity index (χ1) is 9.63. The third kappa shape index (κ3) is 3.11. The number of nitrogens with one attached hydrogen (secondary N) is 2. The van der Waals surface area contributed by atoms with E-state index in [2.05, 4.69) is 25.5 Å². The topological polar surface area (TPSA) is 86.8 Å². The molecule has 0 bridgehead atoms. The minimum Gasteiger partial charge on any atom is -0.373 e. The lowest BCUT2D eigenvalue weighted by molar-refractivity contribution is 0.0781. The van der Waals surface area contributed by atoms with Crippen LogP contribution in [0.5, 0.6) is 0 Å². The van der Waals surface area contributed by atoms with Crippen LogP contribution in [-0.4, -0.2) is 45.1 Å². The van der Waals surface area contributed by atoms with Gasteiger partial charge in [0.25, 0.3) is 5.91 Å². The van der Waals surface area contributed by atoms with Gasteiger partial charge in [0.15, 0.2) is 0 Å². The number of aromatic amines is 1. The Kier molecular flexibility index (Phi) is 4.29. The van der Waals surface area contributed by atoms with Gasteiger partial charge in [-0.25, -0.2) is 9.97 Å². The molecule has 2 heterocycles. The number of H-pyrrole nitrogens is 1. The van der Waals surface area contributed by atoms with Crippen LogP contribution in [0, 0.1) is 0 Å². The zero-order valence-electron chi connectivity index (χ0n) is 11.8. The summed E-state index contributed by atoms with van der Waals surface area (Å²) in [6, 6.07) is 3.57. The van der Waals surface area contributed by atoms with Gasteiger partial charge in [-0.3, -0.25) is 9.89 Å². The van der Waals surface area contributed by atoms with Crippen LogP contribution in [0.15, 0.2) is 18.5 Å². The van der Waals surface area contributed by atoms with Gasteiger partial charge in [-0.2, -0.15) is 5.10 Å². The molecule has 106 valence electrons. The second kappa shape index (κ2) is 6.14. The van der Waals surface area contributed by atoms with Crippen molar-refractivity contribution in [3.63, 3.8) is 0 Å². The second-order valence-electron chi connectivity index (χ2n) is 4.43. The van der Waals surface area contributed by atoms with E-state index in [0.29, 0.717) is 23.8 Å². The van der Waals surface area contributed by atoms with Crippen molar-refractivity contribution in [3.8, 4) is 0 Å². The first kappa shape index (κ1) is 14.0. The Morgan fingerprint density at radius 2 is 2.25 bits per heavy atom. The summed E-state index contributed by atoms with van der Waals surface area (Å²) in [5, 5.41) is 9.48. The Morgan fingerprint density at radius 1 is 1.45 bits per heavy atom. The third-order valence-corrected chi connectivity index (χ3v) is 2.94. The van der Waals surface area contributed by atoms with E-state index in [1.807, 2.05) is 13.0 Å². The number of rotatable bonds is 5. The zero-order chi connectivity index (χ0) is 14.5. The number of hydrogen-bond donors (Lipinski definition) is 2. The van der Waals surface area contributed by atoms with Gasteiger partial charge in [0.05, 0.1) is 6.54 Å². The molecule has 2 aromatic rings. The molecule has 0 fully saturated rings. The van der Waals surface area contributed by atoms with Crippen LogP contribution in [-0.2, 0) is 13.0 Å². The Balaban J connectivity index is 2.19. The summed E-state index contributed by atoms with van der Waals surface area (Å²) in [5.41, 5.74) is 1.50. The summed E-state index contributed by atoms with van der Waals surface area (Å²) >= 11 is 0. The fourth-order valence-corrected chi connectivity index (χ4v) is 1.84. The van der Waals surface area contributed by atoms with Crippen LogP contribution < -0.4 is 5.32 Å². The Bertz CT molecular complexity index is 558. The molecule has 0 saturated heterocycles. The number of aryl methyl sites for hydroxylation is 1. The van der Waals surface area contributed by atoms with E-state index in [1.54, 1.807) is 25.1 Å². The molecule has 0 unspecified atom stereocenters. The number of anilines is 1. The highest BCUT2D eigenvalue weighted by atomic mass is 16.2. The summed E-state index contributed by atoms with van der Waals surface area (Å²) in [6.45, 7) is 2.39. The van der Waals surface area contributed by atoms with Crippen LogP contribution in [0.2, 0.25) is 0 Å². The van der Waals surface area contributed by atoms with Crippen LogP contribution in [0.3, 0.4) is 0 Å². The normalized spacial score (nSPS) is 10.3. The van der Waals surface area contributed by atoms with E-state index in [9.17, 15) is 4.79 Å². The Morgan fingerprint density at radius 3 is 2.85 bits per heavy atom. The molecule has 2 rings (SSSR count). The van der Waals surface area contributed by atoms with E-state index in [4.69, 9.17) is 0 Å². The predicted molar refractivity (Wildman–Crippen MR) is 75.3 cm³/mol. The van der Waals surface area contributed by atoms with E-state index < -0.39 is 0 Å². The van der Waals surface area contributed by atoms with E-state index in [0.717, 1.165) is 12.1 Å². The van der Waals surface area contributed by atoms with Crippen LogP contribution in [0.1, 0.15) is 28.8 Å². The molecule has 0 saturated carbocycles.